The molecular formula is C21H31N5. The third-order valence-electron chi connectivity index (χ3n) is 5.39. The van der Waals surface area contributed by atoms with Crippen molar-refractivity contribution in [3.05, 3.63) is 60.2 Å². The van der Waals surface area contributed by atoms with Gasteiger partial charge in [0.25, 0.3) is 0 Å². The highest BCUT2D eigenvalue weighted by atomic mass is 15.3. The predicted octanol–water partition coefficient (Wildman–Crippen LogP) is 3.26. The number of likely N-dealkylation sites (tertiary alicyclic amines) is 1. The average molecular weight is 354 g/mol. The lowest BCUT2D eigenvalue weighted by Gasteiger charge is -2.30. The van der Waals surface area contributed by atoms with Crippen LogP contribution < -0.4 is 0 Å². The zero-order chi connectivity index (χ0) is 18.4. The van der Waals surface area contributed by atoms with Gasteiger partial charge in [-0.25, -0.2) is 0 Å². The van der Waals surface area contributed by atoms with Gasteiger partial charge in [-0.05, 0) is 45.0 Å². The number of rotatable bonds is 9. The highest BCUT2D eigenvalue weighted by molar-refractivity contribution is 5.17. The van der Waals surface area contributed by atoms with Gasteiger partial charge in [0, 0.05) is 43.1 Å². The zero-order valence-corrected chi connectivity index (χ0v) is 16.1. The molecule has 1 aliphatic heterocycles. The van der Waals surface area contributed by atoms with E-state index in [1.54, 1.807) is 0 Å². The molecule has 5 nitrogen and oxygen atoms in total. The van der Waals surface area contributed by atoms with Crippen molar-refractivity contribution in [2.75, 3.05) is 19.6 Å². The maximum absolute atomic E-state index is 4.54. The van der Waals surface area contributed by atoms with Crippen molar-refractivity contribution in [3.8, 4) is 0 Å². The van der Waals surface area contributed by atoms with E-state index in [2.05, 4.69) is 52.4 Å². The number of nitrogens with zero attached hydrogens (tertiary/aromatic N) is 5. The van der Waals surface area contributed by atoms with Crippen LogP contribution in [0.15, 0.2) is 43.2 Å². The topological polar surface area (TPSA) is 37.2 Å². The van der Waals surface area contributed by atoms with E-state index in [4.69, 9.17) is 0 Å². The van der Waals surface area contributed by atoms with Crippen LogP contribution in [0.5, 0.6) is 0 Å². The summed E-state index contributed by atoms with van der Waals surface area (Å²) in [5.74, 6) is 0. The van der Waals surface area contributed by atoms with Gasteiger partial charge in [-0.2, -0.15) is 5.10 Å². The van der Waals surface area contributed by atoms with Crippen LogP contribution in [0.4, 0.5) is 0 Å². The number of pyridine rings is 1. The molecule has 1 aliphatic rings. The molecule has 3 rings (SSSR count). The van der Waals surface area contributed by atoms with Crippen molar-refractivity contribution < 1.29 is 0 Å². The summed E-state index contributed by atoms with van der Waals surface area (Å²) < 4.78 is 2.02. The second-order valence-electron chi connectivity index (χ2n) is 7.14. The smallest absolute Gasteiger partial charge is 0.0590 e. The molecule has 1 saturated heterocycles. The van der Waals surface area contributed by atoms with Crippen molar-refractivity contribution in [2.24, 2.45) is 0 Å². The van der Waals surface area contributed by atoms with Crippen LogP contribution in [0.3, 0.4) is 0 Å². The molecule has 2 aromatic rings. The zero-order valence-electron chi connectivity index (χ0n) is 16.1. The van der Waals surface area contributed by atoms with Crippen molar-refractivity contribution in [1.82, 2.24) is 24.6 Å². The first kappa shape index (κ1) is 18.8. The molecule has 2 aromatic heterocycles. The number of allylic oxidation sites excluding steroid dienone is 1. The maximum atomic E-state index is 4.54. The molecule has 0 radical (unpaired) electrons. The maximum Gasteiger partial charge on any atom is 0.0590 e. The summed E-state index contributed by atoms with van der Waals surface area (Å²) >= 11 is 0. The van der Waals surface area contributed by atoms with Gasteiger partial charge >= 0.3 is 0 Å². The van der Waals surface area contributed by atoms with Crippen LogP contribution in [0.2, 0.25) is 0 Å². The Morgan fingerprint density at radius 2 is 2.23 bits per heavy atom. The van der Waals surface area contributed by atoms with Crippen molar-refractivity contribution >= 4 is 0 Å². The summed E-state index contributed by atoms with van der Waals surface area (Å²) in [7, 11) is 0. The lowest BCUT2D eigenvalue weighted by molar-refractivity contribution is 0.164. The molecule has 1 fully saturated rings. The van der Waals surface area contributed by atoms with Gasteiger partial charge in [0.15, 0.2) is 0 Å². The Morgan fingerprint density at radius 3 is 2.96 bits per heavy atom. The summed E-state index contributed by atoms with van der Waals surface area (Å²) in [6.07, 6.45) is 8.39. The fourth-order valence-corrected chi connectivity index (χ4v) is 3.91. The molecule has 0 unspecified atom stereocenters. The van der Waals surface area contributed by atoms with Crippen molar-refractivity contribution in [2.45, 2.75) is 52.4 Å². The average Bonchev–Trinajstić information content (AvgIpc) is 3.24. The lowest BCUT2D eigenvalue weighted by Crippen LogP contribution is -2.40. The Morgan fingerprint density at radius 1 is 1.35 bits per heavy atom. The Balaban J connectivity index is 1.75. The largest absolute Gasteiger partial charge is 0.299 e. The van der Waals surface area contributed by atoms with Crippen LogP contribution in [0.1, 0.15) is 36.7 Å². The summed E-state index contributed by atoms with van der Waals surface area (Å²) in [5, 5.41) is 4.52. The standard InChI is InChI=1S/C21H31N5/c1-4-12-26-18(3)19(14-23-26)15-24(16-20-9-6-7-11-22-20)17-21-10-8-13-25(21)5-2/h4,6-7,9,11,14,21H,1,5,8,10,12-13,15-17H2,2-3H3/t21-/m0/s1. The number of hydrogen-bond acceptors (Lipinski definition) is 4. The fraction of sp³-hybridized carbons (Fsp3) is 0.524. The first-order valence-electron chi connectivity index (χ1n) is 9.69. The van der Waals surface area contributed by atoms with E-state index in [1.165, 1.54) is 30.6 Å². The Bertz CT molecular complexity index is 694. The van der Waals surface area contributed by atoms with Crippen LogP contribution in [0.25, 0.3) is 0 Å². The molecule has 0 aromatic carbocycles. The van der Waals surface area contributed by atoms with Crippen LogP contribution in [-0.4, -0.2) is 50.2 Å². The van der Waals surface area contributed by atoms with E-state index in [0.717, 1.165) is 38.4 Å². The molecule has 1 atom stereocenters. The Hall–Kier alpha value is -1.98. The van der Waals surface area contributed by atoms with E-state index >= 15 is 0 Å². The molecule has 5 heteroatoms. The minimum absolute atomic E-state index is 0.646. The monoisotopic (exact) mass is 353 g/mol. The van der Waals surface area contributed by atoms with Gasteiger partial charge in [-0.3, -0.25) is 19.5 Å². The molecule has 26 heavy (non-hydrogen) atoms. The molecule has 0 aliphatic carbocycles. The molecule has 3 heterocycles. The van der Waals surface area contributed by atoms with E-state index in [9.17, 15) is 0 Å². The minimum Gasteiger partial charge on any atom is -0.299 e. The summed E-state index contributed by atoms with van der Waals surface area (Å²) in [5.41, 5.74) is 3.66. The van der Waals surface area contributed by atoms with E-state index in [0.29, 0.717) is 6.04 Å². The summed E-state index contributed by atoms with van der Waals surface area (Å²) in [6.45, 7) is 14.2. The normalized spacial score (nSPS) is 17.9. The Kier molecular flexibility index (Phi) is 6.58. The molecule has 0 bridgehead atoms. The van der Waals surface area contributed by atoms with Crippen LogP contribution >= 0.6 is 0 Å². The molecule has 140 valence electrons. The third-order valence-corrected chi connectivity index (χ3v) is 5.39. The number of aromatic nitrogens is 3. The van der Waals surface area contributed by atoms with E-state index in [1.807, 2.05) is 29.2 Å². The first-order valence-corrected chi connectivity index (χ1v) is 9.69. The minimum atomic E-state index is 0.646. The second kappa shape index (κ2) is 9.10. The predicted molar refractivity (Wildman–Crippen MR) is 106 cm³/mol. The first-order chi connectivity index (χ1) is 12.7. The molecule has 0 amide bonds. The van der Waals surface area contributed by atoms with Gasteiger partial charge < -0.3 is 0 Å². The van der Waals surface area contributed by atoms with Gasteiger partial charge in [0.2, 0.25) is 0 Å². The van der Waals surface area contributed by atoms with Crippen molar-refractivity contribution in [1.29, 1.82) is 0 Å². The number of hydrogen-bond donors (Lipinski definition) is 0. The van der Waals surface area contributed by atoms with Crippen molar-refractivity contribution in [3.63, 3.8) is 0 Å². The van der Waals surface area contributed by atoms with Crippen LogP contribution in [0, 0.1) is 6.92 Å². The van der Waals surface area contributed by atoms with E-state index < -0.39 is 0 Å². The molecule has 0 N–H and O–H groups in total. The highest BCUT2D eigenvalue weighted by Gasteiger charge is 2.25. The molecule has 0 spiro atoms. The number of likely N-dealkylation sites (N-methyl/N-ethyl adjacent to an activating group) is 1. The summed E-state index contributed by atoms with van der Waals surface area (Å²) in [6, 6.07) is 6.81. The molecule has 0 saturated carbocycles. The summed E-state index contributed by atoms with van der Waals surface area (Å²) in [4.78, 5) is 9.68. The van der Waals surface area contributed by atoms with E-state index in [-0.39, 0.29) is 0 Å². The molecular weight excluding hydrogens is 322 g/mol. The Labute approximate surface area is 157 Å². The fourth-order valence-electron chi connectivity index (χ4n) is 3.91. The van der Waals surface area contributed by atoms with Gasteiger partial charge in [-0.1, -0.05) is 19.1 Å². The van der Waals surface area contributed by atoms with Gasteiger partial charge in [0.1, 0.15) is 0 Å². The second-order valence-corrected chi connectivity index (χ2v) is 7.14. The van der Waals surface area contributed by atoms with Gasteiger partial charge in [-0.15, -0.1) is 6.58 Å². The quantitative estimate of drug-likeness (QED) is 0.649. The van der Waals surface area contributed by atoms with Crippen LogP contribution in [-0.2, 0) is 19.6 Å². The van der Waals surface area contributed by atoms with Gasteiger partial charge in [0.05, 0.1) is 18.4 Å². The third kappa shape index (κ3) is 4.59. The lowest BCUT2D eigenvalue weighted by atomic mass is 10.1. The highest BCUT2D eigenvalue weighted by Crippen LogP contribution is 2.20. The SMILES string of the molecule is C=CCn1ncc(CN(Cc2ccccn2)C[C@@H]2CCCN2CC)c1C.